The van der Waals surface area contributed by atoms with Crippen LogP contribution < -0.4 is 10.1 Å². The zero-order valence-corrected chi connectivity index (χ0v) is 12.6. The molecule has 2 aromatic rings. The molecule has 0 atom stereocenters. The van der Waals surface area contributed by atoms with E-state index in [0.717, 1.165) is 10.0 Å². The van der Waals surface area contributed by atoms with Crippen LogP contribution in [-0.4, -0.2) is 13.0 Å². The first-order valence-electron chi connectivity index (χ1n) is 5.93. The second-order valence-electron chi connectivity index (χ2n) is 4.22. The summed E-state index contributed by atoms with van der Waals surface area (Å²) in [5, 5.41) is 2.72. The summed E-state index contributed by atoms with van der Waals surface area (Å²) >= 11 is 3.38. The van der Waals surface area contributed by atoms with Crippen molar-refractivity contribution in [1.29, 1.82) is 0 Å². The molecule has 20 heavy (non-hydrogen) atoms. The molecule has 0 radical (unpaired) electrons. The number of nitrogens with one attached hydrogen (secondary N) is 1. The maximum absolute atomic E-state index is 13.3. The van der Waals surface area contributed by atoms with E-state index in [1.54, 1.807) is 12.1 Å². The van der Waals surface area contributed by atoms with Crippen LogP contribution in [0.4, 0.5) is 10.1 Å². The maximum atomic E-state index is 13.3. The standard InChI is InChI=1S/C15H13BrFNO2/c1-9-11(4-3-5-12(9)16)15(19)18-10-6-7-13(17)14(8-10)20-2/h3-8H,1-2H3,(H,18,19). The van der Waals surface area contributed by atoms with Crippen molar-refractivity contribution in [2.75, 3.05) is 12.4 Å². The number of carbonyl (C=O) groups is 1. The lowest BCUT2D eigenvalue weighted by Crippen LogP contribution is -2.13. The molecule has 0 aliphatic heterocycles. The normalized spacial score (nSPS) is 10.2. The molecule has 0 unspecified atom stereocenters. The number of rotatable bonds is 3. The largest absolute Gasteiger partial charge is 0.494 e. The first-order chi connectivity index (χ1) is 9.52. The fourth-order valence-corrected chi connectivity index (χ4v) is 2.16. The van der Waals surface area contributed by atoms with Gasteiger partial charge < -0.3 is 10.1 Å². The minimum Gasteiger partial charge on any atom is -0.494 e. The van der Waals surface area contributed by atoms with E-state index in [4.69, 9.17) is 4.74 Å². The number of anilines is 1. The first-order valence-corrected chi connectivity index (χ1v) is 6.72. The fraction of sp³-hybridized carbons (Fsp3) is 0.133. The highest BCUT2D eigenvalue weighted by Crippen LogP contribution is 2.23. The summed E-state index contributed by atoms with van der Waals surface area (Å²) in [5.41, 5.74) is 1.88. The summed E-state index contributed by atoms with van der Waals surface area (Å²) in [6.07, 6.45) is 0. The number of hydrogen-bond donors (Lipinski definition) is 1. The Balaban J connectivity index is 2.26. The molecule has 0 saturated heterocycles. The van der Waals surface area contributed by atoms with Crippen molar-refractivity contribution < 1.29 is 13.9 Å². The van der Waals surface area contributed by atoms with Gasteiger partial charge in [-0.3, -0.25) is 4.79 Å². The van der Waals surface area contributed by atoms with E-state index in [1.165, 1.54) is 25.3 Å². The molecule has 2 aromatic carbocycles. The molecule has 1 amide bonds. The Labute approximate surface area is 124 Å². The third kappa shape index (κ3) is 2.99. The first kappa shape index (κ1) is 14.5. The van der Waals surface area contributed by atoms with E-state index in [-0.39, 0.29) is 11.7 Å². The lowest BCUT2D eigenvalue weighted by molar-refractivity contribution is 0.102. The van der Waals surface area contributed by atoms with E-state index in [2.05, 4.69) is 21.2 Å². The van der Waals surface area contributed by atoms with Crippen LogP contribution in [0.25, 0.3) is 0 Å². The minimum absolute atomic E-state index is 0.0914. The van der Waals surface area contributed by atoms with Gasteiger partial charge in [0.05, 0.1) is 7.11 Å². The van der Waals surface area contributed by atoms with Crippen LogP contribution in [-0.2, 0) is 0 Å². The third-order valence-corrected chi connectivity index (χ3v) is 3.78. The highest BCUT2D eigenvalue weighted by Gasteiger charge is 2.12. The second kappa shape index (κ2) is 6.05. The van der Waals surface area contributed by atoms with Gasteiger partial charge in [0.2, 0.25) is 0 Å². The number of methoxy groups -OCH3 is 1. The van der Waals surface area contributed by atoms with Crippen molar-refractivity contribution in [2.24, 2.45) is 0 Å². The average Bonchev–Trinajstić information content (AvgIpc) is 2.43. The van der Waals surface area contributed by atoms with E-state index in [9.17, 15) is 9.18 Å². The third-order valence-electron chi connectivity index (χ3n) is 2.92. The molecule has 0 aliphatic carbocycles. The number of amides is 1. The van der Waals surface area contributed by atoms with E-state index < -0.39 is 5.82 Å². The molecule has 2 rings (SSSR count). The Kier molecular flexibility index (Phi) is 4.39. The summed E-state index contributed by atoms with van der Waals surface area (Å²) < 4.78 is 19.0. The van der Waals surface area contributed by atoms with Crippen molar-refractivity contribution >= 4 is 27.5 Å². The Morgan fingerprint density at radius 2 is 2.05 bits per heavy atom. The van der Waals surface area contributed by atoms with Crippen LogP contribution in [0.3, 0.4) is 0 Å². The molecule has 3 nitrogen and oxygen atoms in total. The molecule has 5 heteroatoms. The van der Waals surface area contributed by atoms with Gasteiger partial charge in [-0.2, -0.15) is 0 Å². The van der Waals surface area contributed by atoms with Gasteiger partial charge in [0.15, 0.2) is 11.6 Å². The van der Waals surface area contributed by atoms with Gasteiger partial charge in [-0.25, -0.2) is 4.39 Å². The second-order valence-corrected chi connectivity index (χ2v) is 5.07. The molecule has 104 valence electrons. The van der Waals surface area contributed by atoms with E-state index in [1.807, 2.05) is 13.0 Å². The number of halogens is 2. The Morgan fingerprint density at radius 3 is 2.75 bits per heavy atom. The van der Waals surface area contributed by atoms with Crippen molar-refractivity contribution in [1.82, 2.24) is 0 Å². The highest BCUT2D eigenvalue weighted by molar-refractivity contribution is 9.10. The SMILES string of the molecule is COc1cc(NC(=O)c2cccc(Br)c2C)ccc1F. The Bertz CT molecular complexity index is 658. The Hall–Kier alpha value is -1.88. The van der Waals surface area contributed by atoms with Crippen LogP contribution >= 0.6 is 15.9 Å². The zero-order chi connectivity index (χ0) is 14.7. The molecule has 0 aliphatic rings. The molecule has 0 spiro atoms. The van der Waals surface area contributed by atoms with Crippen molar-refractivity contribution in [3.63, 3.8) is 0 Å². The molecule has 1 N–H and O–H groups in total. The number of hydrogen-bond acceptors (Lipinski definition) is 2. The summed E-state index contributed by atoms with van der Waals surface area (Å²) in [5.74, 6) is -0.629. The fourth-order valence-electron chi connectivity index (χ4n) is 1.79. The predicted molar refractivity (Wildman–Crippen MR) is 79.8 cm³/mol. The van der Waals surface area contributed by atoms with Gasteiger partial charge in [0, 0.05) is 21.8 Å². The van der Waals surface area contributed by atoms with Crippen molar-refractivity contribution in [3.8, 4) is 5.75 Å². The molecule has 0 heterocycles. The lowest BCUT2D eigenvalue weighted by atomic mass is 10.1. The molecular formula is C15H13BrFNO2. The molecular weight excluding hydrogens is 325 g/mol. The zero-order valence-electron chi connectivity index (χ0n) is 11.0. The van der Waals surface area contributed by atoms with Crippen LogP contribution in [0.2, 0.25) is 0 Å². The topological polar surface area (TPSA) is 38.3 Å². The van der Waals surface area contributed by atoms with Crippen molar-refractivity contribution in [2.45, 2.75) is 6.92 Å². The van der Waals surface area contributed by atoms with Gasteiger partial charge in [-0.15, -0.1) is 0 Å². The summed E-state index contributed by atoms with van der Waals surface area (Å²) in [7, 11) is 1.38. The van der Waals surface area contributed by atoms with E-state index in [0.29, 0.717) is 11.3 Å². The number of benzene rings is 2. The van der Waals surface area contributed by atoms with Gasteiger partial charge in [-0.05, 0) is 36.8 Å². The summed E-state index contributed by atoms with van der Waals surface area (Å²) in [6.45, 7) is 1.85. The van der Waals surface area contributed by atoms with Gasteiger partial charge in [0.1, 0.15) is 0 Å². The van der Waals surface area contributed by atoms with E-state index >= 15 is 0 Å². The highest BCUT2D eigenvalue weighted by atomic mass is 79.9. The summed E-state index contributed by atoms with van der Waals surface area (Å²) in [6, 6.07) is 9.58. The molecule has 0 saturated carbocycles. The molecule has 0 bridgehead atoms. The minimum atomic E-state index is -0.468. The van der Waals surface area contributed by atoms with Gasteiger partial charge in [-0.1, -0.05) is 22.0 Å². The maximum Gasteiger partial charge on any atom is 0.255 e. The Morgan fingerprint density at radius 1 is 1.30 bits per heavy atom. The monoisotopic (exact) mass is 337 g/mol. The van der Waals surface area contributed by atoms with Gasteiger partial charge in [0.25, 0.3) is 5.91 Å². The lowest BCUT2D eigenvalue weighted by Gasteiger charge is -2.10. The quantitative estimate of drug-likeness (QED) is 0.913. The number of ether oxygens (including phenoxy) is 1. The molecule has 0 fully saturated rings. The number of carbonyl (C=O) groups excluding carboxylic acids is 1. The van der Waals surface area contributed by atoms with Crippen molar-refractivity contribution in [3.05, 3.63) is 57.8 Å². The van der Waals surface area contributed by atoms with Crippen LogP contribution in [0, 0.1) is 12.7 Å². The van der Waals surface area contributed by atoms with Crippen LogP contribution in [0.5, 0.6) is 5.75 Å². The average molecular weight is 338 g/mol. The van der Waals surface area contributed by atoms with Crippen LogP contribution in [0.1, 0.15) is 15.9 Å². The predicted octanol–water partition coefficient (Wildman–Crippen LogP) is 4.16. The van der Waals surface area contributed by atoms with Crippen LogP contribution in [0.15, 0.2) is 40.9 Å². The van der Waals surface area contributed by atoms with Gasteiger partial charge >= 0.3 is 0 Å². The smallest absolute Gasteiger partial charge is 0.255 e. The molecule has 0 aromatic heterocycles. The summed E-state index contributed by atoms with van der Waals surface area (Å²) in [4.78, 5) is 12.2.